The van der Waals surface area contributed by atoms with Crippen molar-refractivity contribution in [3.8, 4) is 18.1 Å². The summed E-state index contributed by atoms with van der Waals surface area (Å²) in [4.78, 5) is 47.6. The van der Waals surface area contributed by atoms with Gasteiger partial charge in [0, 0.05) is 13.1 Å². The van der Waals surface area contributed by atoms with Crippen LogP contribution in [0.2, 0.25) is 5.28 Å². The van der Waals surface area contributed by atoms with E-state index in [1.807, 2.05) is 4.90 Å². The highest BCUT2D eigenvalue weighted by Crippen LogP contribution is 2.44. The van der Waals surface area contributed by atoms with Gasteiger partial charge in [0.1, 0.15) is 19.0 Å². The normalized spacial score (nSPS) is 18.4. The average molecular weight is 759 g/mol. The van der Waals surface area contributed by atoms with Gasteiger partial charge >= 0.3 is 0 Å². The van der Waals surface area contributed by atoms with Crippen molar-refractivity contribution in [3.63, 3.8) is 0 Å². The Morgan fingerprint density at radius 3 is 2.30 bits per heavy atom. The molecule has 2 saturated heterocycles. The number of fused-ring (bicyclic) bond motifs is 1. The van der Waals surface area contributed by atoms with Crippen LogP contribution in [0, 0.1) is 12.3 Å². The number of aromatic nitrogens is 6. The fourth-order valence-electron chi connectivity index (χ4n) is 5.01. The van der Waals surface area contributed by atoms with E-state index in [0.29, 0.717) is 107 Å². The second-order valence-corrected chi connectivity index (χ2v) is 14.2. The fraction of sp³-hybridized carbons (Fsp3) is 0.621. The summed E-state index contributed by atoms with van der Waals surface area (Å²) in [5.74, 6) is 3.92. The molecule has 3 unspecified atom stereocenters. The minimum Gasteiger partial charge on any atom is -0.488 e. The quantitative estimate of drug-likeness (QED) is 0.0471. The number of anilines is 2. The third-order valence-corrected chi connectivity index (χ3v) is 9.95. The zero-order valence-electron chi connectivity index (χ0n) is 27.3. The first-order valence-corrected chi connectivity index (χ1v) is 19.1. The lowest BCUT2D eigenvalue weighted by Crippen LogP contribution is -2.55. The Bertz CT molecular complexity index is 1500. The van der Waals surface area contributed by atoms with Crippen LogP contribution in [0.4, 0.5) is 11.8 Å². The first kappa shape index (κ1) is 38.6. The molecule has 3 atom stereocenters. The van der Waals surface area contributed by atoms with Crippen LogP contribution in [0.25, 0.3) is 11.0 Å². The molecule has 0 spiro atoms. The first-order chi connectivity index (χ1) is 24.4. The van der Waals surface area contributed by atoms with E-state index in [4.69, 9.17) is 60.8 Å². The number of hydrogen-bond acceptors (Lipinski definition) is 17. The Labute approximate surface area is 296 Å². The van der Waals surface area contributed by atoms with Crippen molar-refractivity contribution in [3.05, 3.63) is 23.9 Å². The lowest BCUT2D eigenvalue weighted by molar-refractivity contribution is -0.0213. The van der Waals surface area contributed by atoms with E-state index in [2.05, 4.69) is 36.3 Å². The van der Waals surface area contributed by atoms with Crippen molar-refractivity contribution in [2.45, 2.75) is 31.2 Å². The highest BCUT2D eigenvalue weighted by Gasteiger charge is 2.32. The summed E-state index contributed by atoms with van der Waals surface area (Å²) in [6.07, 6.45) is 10.7. The van der Waals surface area contributed by atoms with Crippen LogP contribution >= 0.6 is 28.4 Å². The maximum absolute atomic E-state index is 9.81. The Kier molecular flexibility index (Phi) is 15.8. The van der Waals surface area contributed by atoms with Crippen LogP contribution < -0.4 is 15.0 Å². The van der Waals surface area contributed by atoms with Crippen LogP contribution in [-0.4, -0.2) is 142 Å². The molecule has 5 heterocycles. The number of ether oxygens (including phenoxy) is 6. The van der Waals surface area contributed by atoms with Crippen molar-refractivity contribution >= 4 is 51.2 Å². The summed E-state index contributed by atoms with van der Waals surface area (Å²) >= 11 is 6.31. The predicted octanol–water partition coefficient (Wildman–Crippen LogP) is 1.90. The Hall–Kier alpha value is -2.62. The highest BCUT2D eigenvalue weighted by molar-refractivity contribution is 7.63. The zero-order chi connectivity index (χ0) is 35.1. The minimum absolute atomic E-state index is 0.0658. The zero-order valence-corrected chi connectivity index (χ0v) is 29.8. The van der Waals surface area contributed by atoms with Gasteiger partial charge in [0.25, 0.3) is 0 Å². The van der Waals surface area contributed by atoms with Crippen molar-refractivity contribution < 1.29 is 47.6 Å². The minimum atomic E-state index is -2.22. The summed E-state index contributed by atoms with van der Waals surface area (Å²) in [6, 6.07) is 0.0658. The Morgan fingerprint density at radius 1 is 0.940 bits per heavy atom. The van der Waals surface area contributed by atoms with Gasteiger partial charge in [0.05, 0.1) is 94.9 Å². The molecule has 0 aliphatic carbocycles. The predicted molar refractivity (Wildman–Crippen MR) is 184 cm³/mol. The smallest absolute Gasteiger partial charge is 0.226 e. The molecule has 18 nitrogen and oxygen atoms in total. The molecule has 50 heavy (non-hydrogen) atoms. The van der Waals surface area contributed by atoms with Crippen LogP contribution in [0.15, 0.2) is 18.6 Å². The second-order valence-electron chi connectivity index (χ2n) is 11.0. The van der Waals surface area contributed by atoms with Crippen LogP contribution in [-0.2, 0) is 28.2 Å². The molecule has 2 aliphatic rings. The third kappa shape index (κ3) is 12.0. The van der Waals surface area contributed by atoms with Gasteiger partial charge in [-0.05, 0) is 24.4 Å². The summed E-state index contributed by atoms with van der Waals surface area (Å²) in [7, 11) is -4.13. The monoisotopic (exact) mass is 758 g/mol. The summed E-state index contributed by atoms with van der Waals surface area (Å²) in [6.45, 7) is 5.28. The number of nitrogens with zero attached hydrogens (tertiary/aromatic N) is 7. The molecule has 0 saturated carbocycles. The van der Waals surface area contributed by atoms with E-state index >= 15 is 0 Å². The molecule has 3 aromatic rings. The number of halogens is 1. The molecule has 0 bridgehead atoms. The molecule has 5 rings (SSSR count). The number of rotatable bonds is 23. The first-order valence-electron chi connectivity index (χ1n) is 15.9. The maximum atomic E-state index is 9.81. The second kappa shape index (κ2) is 20.4. The van der Waals surface area contributed by atoms with E-state index in [9.17, 15) is 4.89 Å². The molecule has 274 valence electrons. The van der Waals surface area contributed by atoms with Gasteiger partial charge < -0.3 is 57.8 Å². The average Bonchev–Trinajstić information content (AvgIpc) is 3.72. The van der Waals surface area contributed by atoms with Crippen molar-refractivity contribution in [1.29, 1.82) is 0 Å². The van der Waals surface area contributed by atoms with E-state index < -0.39 is 23.0 Å². The SMILES string of the molecule is C#CCOCCOCCOCCOCCOc1cnc(N2CC(Nc3nc(Cl)nc4c3cnn4C3CCC(COP(O)CP(O)O)O3)C2)nc1. The van der Waals surface area contributed by atoms with Crippen LogP contribution in [0.5, 0.6) is 5.75 Å². The lowest BCUT2D eigenvalue weighted by atomic mass is 10.1. The van der Waals surface area contributed by atoms with Gasteiger partial charge in [-0.1, -0.05) is 5.92 Å². The van der Waals surface area contributed by atoms with E-state index in [1.54, 1.807) is 23.3 Å². The molecule has 21 heteroatoms. The molecular formula is C29H41ClN8O10P2. The Morgan fingerprint density at radius 2 is 1.62 bits per heavy atom. The molecule has 2 fully saturated rings. The van der Waals surface area contributed by atoms with Crippen molar-refractivity contribution in [2.75, 3.05) is 95.3 Å². The fourth-order valence-corrected chi connectivity index (χ4v) is 6.71. The Balaban J connectivity index is 0.977. The van der Waals surface area contributed by atoms with Crippen LogP contribution in [0.1, 0.15) is 19.1 Å². The lowest BCUT2D eigenvalue weighted by Gasteiger charge is -2.39. The molecular weight excluding hydrogens is 718 g/mol. The number of nitrogens with one attached hydrogen (secondary N) is 1. The standard InChI is InChI=1S/C29H41ClN8O10P2/c1-2-5-42-6-7-43-8-9-44-10-11-45-12-13-46-23-14-31-29(32-15-23)37-17-21(18-37)34-26-24-16-33-38(27(24)36-28(30)35-26)25-4-3-22(48-25)19-47-50(41)20-49(39)40/h1,14-16,21-22,25,39-41H,3-13,17-20H2,(H,34,35,36). The number of terminal acetylenes is 1. The van der Waals surface area contributed by atoms with Gasteiger partial charge in [0.2, 0.25) is 11.2 Å². The van der Waals surface area contributed by atoms with Gasteiger partial charge in [-0.3, -0.25) is 0 Å². The topological polar surface area (TPSA) is 210 Å². The molecule has 4 N–H and O–H groups in total. The van der Waals surface area contributed by atoms with Crippen molar-refractivity contribution in [2.24, 2.45) is 0 Å². The molecule has 2 aliphatic heterocycles. The van der Waals surface area contributed by atoms with Gasteiger partial charge in [-0.15, -0.1) is 6.42 Å². The van der Waals surface area contributed by atoms with E-state index in [1.165, 1.54) is 0 Å². The van der Waals surface area contributed by atoms with Gasteiger partial charge in [0.15, 0.2) is 34.4 Å². The van der Waals surface area contributed by atoms with Crippen molar-refractivity contribution in [1.82, 2.24) is 29.7 Å². The summed E-state index contributed by atoms with van der Waals surface area (Å²) < 4.78 is 40.2. The van der Waals surface area contributed by atoms with Gasteiger partial charge in [-0.2, -0.15) is 15.1 Å². The van der Waals surface area contributed by atoms with E-state index in [0.717, 1.165) is 0 Å². The van der Waals surface area contributed by atoms with Gasteiger partial charge in [-0.25, -0.2) is 14.6 Å². The molecule has 0 radical (unpaired) electrons. The largest absolute Gasteiger partial charge is 0.488 e. The molecule has 3 aromatic heterocycles. The molecule has 0 amide bonds. The maximum Gasteiger partial charge on any atom is 0.226 e. The highest BCUT2D eigenvalue weighted by atomic mass is 35.5. The molecule has 0 aromatic carbocycles. The number of hydrogen-bond donors (Lipinski definition) is 4. The third-order valence-electron chi connectivity index (χ3n) is 7.36. The van der Waals surface area contributed by atoms with Crippen LogP contribution in [0.3, 0.4) is 0 Å². The summed E-state index contributed by atoms with van der Waals surface area (Å²) in [5.41, 5.74) is 0.532. The van der Waals surface area contributed by atoms with E-state index in [-0.39, 0.29) is 36.5 Å². The summed E-state index contributed by atoms with van der Waals surface area (Å²) in [5, 5.41) is 8.71.